The standard InChI is InChI=1S/C23H25BrO/c1-2-3-4-5-20-10-11-21(16-23(20)25)19-8-6-17(7-9-19)18-12-14-22(24)15-13-18/h6-9,12-16,20H,2-5,10-11H2,1H3. The molecule has 0 spiro atoms. The van der Waals surface area contributed by atoms with Crippen LogP contribution >= 0.6 is 15.9 Å². The predicted molar refractivity (Wildman–Crippen MR) is 109 cm³/mol. The van der Waals surface area contributed by atoms with E-state index in [0.717, 1.165) is 23.7 Å². The van der Waals surface area contributed by atoms with Gasteiger partial charge in [0.2, 0.25) is 0 Å². The molecule has 2 heteroatoms. The Morgan fingerprint density at radius 3 is 2.12 bits per heavy atom. The Kier molecular flexibility index (Phi) is 6.25. The van der Waals surface area contributed by atoms with Gasteiger partial charge >= 0.3 is 0 Å². The van der Waals surface area contributed by atoms with E-state index in [1.807, 2.05) is 6.08 Å². The van der Waals surface area contributed by atoms with Crippen LogP contribution in [-0.4, -0.2) is 5.78 Å². The number of benzene rings is 2. The van der Waals surface area contributed by atoms with E-state index in [-0.39, 0.29) is 5.92 Å². The maximum absolute atomic E-state index is 12.4. The lowest BCUT2D eigenvalue weighted by Crippen LogP contribution is -2.17. The fraction of sp³-hybridized carbons (Fsp3) is 0.348. The van der Waals surface area contributed by atoms with Gasteiger partial charge in [0, 0.05) is 10.4 Å². The molecular weight excluding hydrogens is 372 g/mol. The average Bonchev–Trinajstić information content (AvgIpc) is 2.64. The van der Waals surface area contributed by atoms with Gasteiger partial charge in [-0.25, -0.2) is 0 Å². The summed E-state index contributed by atoms with van der Waals surface area (Å²) in [6.07, 6.45) is 8.60. The van der Waals surface area contributed by atoms with Crippen molar-refractivity contribution in [1.82, 2.24) is 0 Å². The summed E-state index contributed by atoms with van der Waals surface area (Å²) in [4.78, 5) is 12.4. The van der Waals surface area contributed by atoms with Crippen molar-refractivity contribution in [2.45, 2.75) is 45.4 Å². The molecule has 0 bridgehead atoms. The lowest BCUT2D eigenvalue weighted by molar-refractivity contribution is -0.118. The fourth-order valence-corrected chi connectivity index (χ4v) is 3.77. The molecule has 1 aliphatic carbocycles. The predicted octanol–water partition coefficient (Wildman–Crippen LogP) is 7.06. The minimum Gasteiger partial charge on any atom is -0.295 e. The molecule has 0 fully saturated rings. The summed E-state index contributed by atoms with van der Waals surface area (Å²) in [5.41, 5.74) is 4.79. The quantitative estimate of drug-likeness (QED) is 0.477. The van der Waals surface area contributed by atoms with Gasteiger partial charge < -0.3 is 0 Å². The molecule has 25 heavy (non-hydrogen) atoms. The monoisotopic (exact) mass is 396 g/mol. The lowest BCUT2D eigenvalue weighted by Gasteiger charge is -2.21. The average molecular weight is 397 g/mol. The van der Waals surface area contributed by atoms with Gasteiger partial charge in [0.1, 0.15) is 0 Å². The summed E-state index contributed by atoms with van der Waals surface area (Å²) in [6, 6.07) is 16.9. The number of rotatable bonds is 6. The summed E-state index contributed by atoms with van der Waals surface area (Å²) in [5, 5.41) is 0. The maximum atomic E-state index is 12.4. The van der Waals surface area contributed by atoms with Crippen LogP contribution in [0, 0.1) is 5.92 Å². The molecule has 0 radical (unpaired) electrons. The number of unbranched alkanes of at least 4 members (excludes halogenated alkanes) is 2. The molecule has 0 saturated heterocycles. The number of hydrogen-bond donors (Lipinski definition) is 0. The van der Waals surface area contributed by atoms with Gasteiger partial charge in [0.15, 0.2) is 5.78 Å². The molecule has 3 rings (SSSR count). The van der Waals surface area contributed by atoms with Gasteiger partial charge in [-0.2, -0.15) is 0 Å². The van der Waals surface area contributed by atoms with Crippen LogP contribution in [0.25, 0.3) is 16.7 Å². The van der Waals surface area contributed by atoms with Gasteiger partial charge in [-0.3, -0.25) is 4.79 Å². The van der Waals surface area contributed by atoms with Crippen molar-refractivity contribution in [3.8, 4) is 11.1 Å². The van der Waals surface area contributed by atoms with E-state index in [4.69, 9.17) is 0 Å². The molecule has 1 unspecified atom stereocenters. The second-order valence-electron chi connectivity index (χ2n) is 6.89. The minimum atomic E-state index is 0.248. The van der Waals surface area contributed by atoms with Crippen molar-refractivity contribution in [3.63, 3.8) is 0 Å². The van der Waals surface area contributed by atoms with Crippen molar-refractivity contribution in [2.75, 3.05) is 0 Å². The molecule has 0 heterocycles. The topological polar surface area (TPSA) is 17.1 Å². The van der Waals surface area contributed by atoms with Crippen LogP contribution in [0.5, 0.6) is 0 Å². The van der Waals surface area contributed by atoms with Crippen LogP contribution in [-0.2, 0) is 4.79 Å². The first-order valence-electron chi connectivity index (χ1n) is 9.28. The lowest BCUT2D eigenvalue weighted by atomic mass is 9.83. The molecule has 0 amide bonds. The van der Waals surface area contributed by atoms with E-state index in [2.05, 4.69) is 71.4 Å². The molecule has 1 atom stereocenters. The van der Waals surface area contributed by atoms with E-state index in [9.17, 15) is 4.79 Å². The maximum Gasteiger partial charge on any atom is 0.159 e. The first kappa shape index (κ1) is 18.1. The Bertz CT molecular complexity index is 741. The van der Waals surface area contributed by atoms with Crippen LogP contribution in [0.1, 0.15) is 51.0 Å². The number of ketones is 1. The highest BCUT2D eigenvalue weighted by Crippen LogP contribution is 2.32. The molecule has 0 aromatic heterocycles. The van der Waals surface area contributed by atoms with E-state index < -0.39 is 0 Å². The summed E-state index contributed by atoms with van der Waals surface area (Å²) < 4.78 is 1.09. The number of carbonyl (C=O) groups is 1. The number of allylic oxidation sites excluding steroid dienone is 2. The van der Waals surface area contributed by atoms with E-state index in [1.54, 1.807) is 0 Å². The summed E-state index contributed by atoms with van der Waals surface area (Å²) in [5.74, 6) is 0.576. The minimum absolute atomic E-state index is 0.248. The smallest absolute Gasteiger partial charge is 0.159 e. The zero-order valence-electron chi connectivity index (χ0n) is 14.8. The molecule has 0 saturated carbocycles. The van der Waals surface area contributed by atoms with Gasteiger partial charge in [-0.05, 0) is 59.7 Å². The largest absolute Gasteiger partial charge is 0.295 e. The molecule has 0 aliphatic heterocycles. The van der Waals surface area contributed by atoms with Gasteiger partial charge in [-0.1, -0.05) is 78.5 Å². The van der Waals surface area contributed by atoms with E-state index in [0.29, 0.717) is 5.78 Å². The zero-order valence-corrected chi connectivity index (χ0v) is 16.4. The van der Waals surface area contributed by atoms with E-state index in [1.165, 1.54) is 41.5 Å². The third-order valence-corrected chi connectivity index (χ3v) is 5.60. The summed E-state index contributed by atoms with van der Waals surface area (Å²) >= 11 is 3.47. The van der Waals surface area contributed by atoms with Crippen LogP contribution in [0.15, 0.2) is 59.1 Å². The van der Waals surface area contributed by atoms with Crippen molar-refractivity contribution in [2.24, 2.45) is 5.92 Å². The van der Waals surface area contributed by atoms with Crippen LogP contribution in [0.4, 0.5) is 0 Å². The Hall–Kier alpha value is -1.67. The SMILES string of the molecule is CCCCCC1CCC(c2ccc(-c3ccc(Br)cc3)cc2)=CC1=O. The normalized spacial score (nSPS) is 17.4. The van der Waals surface area contributed by atoms with Gasteiger partial charge in [-0.15, -0.1) is 0 Å². The van der Waals surface area contributed by atoms with Crippen molar-refractivity contribution >= 4 is 27.3 Å². The van der Waals surface area contributed by atoms with E-state index >= 15 is 0 Å². The van der Waals surface area contributed by atoms with Crippen LogP contribution in [0.3, 0.4) is 0 Å². The second-order valence-corrected chi connectivity index (χ2v) is 7.80. The summed E-state index contributed by atoms with van der Waals surface area (Å²) in [6.45, 7) is 2.21. The Morgan fingerprint density at radius 2 is 1.52 bits per heavy atom. The molecule has 0 N–H and O–H groups in total. The third-order valence-electron chi connectivity index (χ3n) is 5.07. The van der Waals surface area contributed by atoms with Gasteiger partial charge in [0.05, 0.1) is 0 Å². The van der Waals surface area contributed by atoms with Crippen molar-refractivity contribution in [3.05, 3.63) is 64.6 Å². The second kappa shape index (κ2) is 8.62. The van der Waals surface area contributed by atoms with Crippen molar-refractivity contribution in [1.29, 1.82) is 0 Å². The third kappa shape index (κ3) is 4.70. The van der Waals surface area contributed by atoms with Crippen molar-refractivity contribution < 1.29 is 4.79 Å². The number of hydrogen-bond acceptors (Lipinski definition) is 1. The molecule has 1 aliphatic rings. The first-order chi connectivity index (χ1) is 12.2. The number of halogens is 1. The molecule has 130 valence electrons. The number of carbonyl (C=O) groups excluding carboxylic acids is 1. The van der Waals surface area contributed by atoms with Crippen LogP contribution in [0.2, 0.25) is 0 Å². The first-order valence-corrected chi connectivity index (χ1v) is 10.1. The summed E-state index contributed by atoms with van der Waals surface area (Å²) in [7, 11) is 0. The molecule has 2 aromatic carbocycles. The zero-order chi connectivity index (χ0) is 17.6. The molecule has 2 aromatic rings. The Balaban J connectivity index is 1.69. The highest BCUT2D eigenvalue weighted by atomic mass is 79.9. The fourth-order valence-electron chi connectivity index (χ4n) is 3.51. The highest BCUT2D eigenvalue weighted by molar-refractivity contribution is 9.10. The molecular formula is C23H25BrO. The molecule has 1 nitrogen and oxygen atoms in total. The Morgan fingerprint density at radius 1 is 0.920 bits per heavy atom. The Labute approximate surface area is 159 Å². The highest BCUT2D eigenvalue weighted by Gasteiger charge is 2.22. The van der Waals surface area contributed by atoms with Gasteiger partial charge in [0.25, 0.3) is 0 Å². The van der Waals surface area contributed by atoms with Crippen LogP contribution < -0.4 is 0 Å².